The van der Waals surface area contributed by atoms with E-state index in [1.54, 1.807) is 29.4 Å². The van der Waals surface area contributed by atoms with Crippen LogP contribution in [0.5, 0.6) is 0 Å². The van der Waals surface area contributed by atoms with Crippen LogP contribution in [0, 0.1) is 0 Å². The van der Waals surface area contributed by atoms with Crippen LogP contribution in [-0.4, -0.2) is 28.8 Å². The van der Waals surface area contributed by atoms with Gasteiger partial charge >= 0.3 is 5.97 Å². The maximum Gasteiger partial charge on any atom is 0.305 e. The first-order chi connectivity index (χ1) is 13.3. The van der Waals surface area contributed by atoms with Gasteiger partial charge in [0.15, 0.2) is 0 Å². The number of hydrogen-bond acceptors (Lipinski definition) is 6. The Morgan fingerprint density at radius 1 is 1.22 bits per heavy atom. The molecule has 0 atom stereocenters. The molecule has 0 amide bonds. The van der Waals surface area contributed by atoms with E-state index in [-0.39, 0.29) is 5.97 Å². The lowest BCUT2D eigenvalue weighted by atomic mass is 9.89. The van der Waals surface area contributed by atoms with E-state index in [0.717, 1.165) is 27.4 Å². The molecule has 0 spiro atoms. The van der Waals surface area contributed by atoms with Crippen molar-refractivity contribution < 1.29 is 9.53 Å². The molecule has 2 aromatic heterocycles. The molecule has 4 rings (SSSR count). The van der Waals surface area contributed by atoms with E-state index >= 15 is 0 Å². The molecule has 2 heterocycles. The number of methoxy groups -OCH3 is 1. The number of ether oxygens (including phenoxy) is 1. The molecular weight excluding hydrogens is 376 g/mol. The standard InChI is InChI=1S/C21H22N2O2S2/c1-25-18(24)7-4-10-26-20-19-17(12-27-21(19)23-13-22-20)16-9-8-14-5-2-3-6-15(14)11-16/h8-9,11-13H,2-7,10H2,1H3. The summed E-state index contributed by atoms with van der Waals surface area (Å²) in [6.45, 7) is 0. The molecule has 3 aromatic rings. The zero-order chi connectivity index (χ0) is 18.6. The number of thioether (sulfide) groups is 1. The van der Waals surface area contributed by atoms with Crippen LogP contribution in [-0.2, 0) is 22.4 Å². The first kappa shape index (κ1) is 18.4. The van der Waals surface area contributed by atoms with Crippen molar-refractivity contribution in [3.63, 3.8) is 0 Å². The van der Waals surface area contributed by atoms with E-state index in [0.29, 0.717) is 6.42 Å². The van der Waals surface area contributed by atoms with Crippen LogP contribution in [0.1, 0.15) is 36.8 Å². The second-order valence-electron chi connectivity index (χ2n) is 6.73. The zero-order valence-electron chi connectivity index (χ0n) is 15.4. The maximum atomic E-state index is 11.3. The fourth-order valence-electron chi connectivity index (χ4n) is 3.56. The molecule has 0 N–H and O–H groups in total. The molecule has 4 nitrogen and oxygen atoms in total. The van der Waals surface area contributed by atoms with Crippen LogP contribution in [0.2, 0.25) is 0 Å². The number of fused-ring (bicyclic) bond motifs is 2. The van der Waals surface area contributed by atoms with E-state index in [2.05, 4.69) is 33.5 Å². The largest absolute Gasteiger partial charge is 0.469 e. The average Bonchev–Trinajstić information content (AvgIpc) is 3.15. The van der Waals surface area contributed by atoms with Crippen LogP contribution in [0.15, 0.2) is 34.9 Å². The first-order valence-corrected chi connectivity index (χ1v) is 11.2. The minimum atomic E-state index is -0.159. The number of rotatable bonds is 6. The van der Waals surface area contributed by atoms with Gasteiger partial charge in [0, 0.05) is 23.1 Å². The average molecular weight is 399 g/mol. The molecular formula is C21H22N2O2S2. The highest BCUT2D eigenvalue weighted by molar-refractivity contribution is 7.99. The summed E-state index contributed by atoms with van der Waals surface area (Å²) in [7, 11) is 1.43. The van der Waals surface area contributed by atoms with Crippen LogP contribution in [0.3, 0.4) is 0 Å². The number of esters is 1. The Labute approximate surface area is 167 Å². The Morgan fingerprint density at radius 2 is 2.07 bits per heavy atom. The monoisotopic (exact) mass is 398 g/mol. The van der Waals surface area contributed by atoms with Crippen molar-refractivity contribution in [3.8, 4) is 11.1 Å². The van der Waals surface area contributed by atoms with Crippen LogP contribution < -0.4 is 0 Å². The van der Waals surface area contributed by atoms with E-state index in [9.17, 15) is 4.79 Å². The van der Waals surface area contributed by atoms with Gasteiger partial charge in [-0.15, -0.1) is 23.1 Å². The maximum absolute atomic E-state index is 11.3. The van der Waals surface area contributed by atoms with Crippen molar-refractivity contribution in [2.45, 2.75) is 43.6 Å². The molecule has 6 heteroatoms. The van der Waals surface area contributed by atoms with Crippen molar-refractivity contribution in [3.05, 3.63) is 41.0 Å². The molecule has 27 heavy (non-hydrogen) atoms. The van der Waals surface area contributed by atoms with Gasteiger partial charge in [0.1, 0.15) is 16.2 Å². The number of aryl methyl sites for hydroxylation is 2. The van der Waals surface area contributed by atoms with Gasteiger partial charge < -0.3 is 4.74 Å². The molecule has 0 unspecified atom stereocenters. The quantitative estimate of drug-likeness (QED) is 0.245. The Hall–Kier alpha value is -1.92. The molecule has 0 aliphatic heterocycles. The topological polar surface area (TPSA) is 52.1 Å². The van der Waals surface area contributed by atoms with Crippen molar-refractivity contribution in [1.82, 2.24) is 9.97 Å². The van der Waals surface area contributed by atoms with Crippen molar-refractivity contribution >= 4 is 39.3 Å². The number of carbonyl (C=O) groups is 1. The van der Waals surface area contributed by atoms with Gasteiger partial charge in [0.2, 0.25) is 0 Å². The van der Waals surface area contributed by atoms with Gasteiger partial charge in [-0.1, -0.05) is 18.2 Å². The Balaban J connectivity index is 1.61. The van der Waals surface area contributed by atoms with Gasteiger partial charge in [-0.05, 0) is 48.8 Å². The number of nitrogens with zero attached hydrogens (tertiary/aromatic N) is 2. The minimum Gasteiger partial charge on any atom is -0.469 e. The molecule has 1 aliphatic rings. The molecule has 0 radical (unpaired) electrons. The number of benzene rings is 1. The van der Waals surface area contributed by atoms with Crippen molar-refractivity contribution in [2.75, 3.05) is 12.9 Å². The van der Waals surface area contributed by atoms with E-state index in [4.69, 9.17) is 4.74 Å². The van der Waals surface area contributed by atoms with Gasteiger partial charge in [0.25, 0.3) is 0 Å². The number of thiophene rings is 1. The highest BCUT2D eigenvalue weighted by Crippen LogP contribution is 2.39. The second kappa shape index (κ2) is 8.40. The minimum absolute atomic E-state index is 0.159. The van der Waals surface area contributed by atoms with Gasteiger partial charge in [-0.2, -0.15) is 0 Å². The Kier molecular flexibility index (Phi) is 5.74. The van der Waals surface area contributed by atoms with Gasteiger partial charge in [-0.3, -0.25) is 4.79 Å². The lowest BCUT2D eigenvalue weighted by molar-refractivity contribution is -0.140. The first-order valence-electron chi connectivity index (χ1n) is 9.30. The summed E-state index contributed by atoms with van der Waals surface area (Å²) >= 11 is 3.36. The van der Waals surface area contributed by atoms with E-state index < -0.39 is 0 Å². The summed E-state index contributed by atoms with van der Waals surface area (Å²) in [6, 6.07) is 6.89. The zero-order valence-corrected chi connectivity index (χ0v) is 17.0. The van der Waals surface area contributed by atoms with Crippen molar-refractivity contribution in [2.24, 2.45) is 0 Å². The third kappa shape index (κ3) is 4.01. The number of hydrogen-bond donors (Lipinski definition) is 0. The summed E-state index contributed by atoms with van der Waals surface area (Å²) in [4.78, 5) is 21.3. The van der Waals surface area contributed by atoms with Gasteiger partial charge in [-0.25, -0.2) is 9.97 Å². The lowest BCUT2D eigenvalue weighted by Gasteiger charge is -2.16. The second-order valence-corrected chi connectivity index (χ2v) is 8.67. The third-order valence-corrected chi connectivity index (χ3v) is 6.95. The molecule has 0 fully saturated rings. The molecule has 0 saturated carbocycles. The van der Waals surface area contributed by atoms with Crippen LogP contribution in [0.4, 0.5) is 0 Å². The van der Waals surface area contributed by atoms with Crippen LogP contribution in [0.25, 0.3) is 21.3 Å². The van der Waals surface area contributed by atoms with Crippen LogP contribution >= 0.6 is 23.1 Å². The molecule has 0 saturated heterocycles. The SMILES string of the molecule is COC(=O)CCCSc1ncnc2scc(-c3ccc4c(c3)CCCC4)c12. The summed E-state index contributed by atoms with van der Waals surface area (Å²) in [5.41, 5.74) is 5.47. The summed E-state index contributed by atoms with van der Waals surface area (Å²) in [6.07, 6.45) is 7.82. The van der Waals surface area contributed by atoms with E-state index in [1.807, 2.05) is 0 Å². The predicted molar refractivity (Wildman–Crippen MR) is 111 cm³/mol. The normalized spacial score (nSPS) is 13.5. The molecule has 0 bridgehead atoms. The fourth-order valence-corrected chi connectivity index (χ4v) is 5.49. The molecule has 1 aromatic carbocycles. The van der Waals surface area contributed by atoms with Gasteiger partial charge in [0.05, 0.1) is 12.5 Å². The molecule has 1 aliphatic carbocycles. The Bertz CT molecular complexity index is 968. The predicted octanol–water partition coefficient (Wildman–Crippen LogP) is 5.28. The third-order valence-electron chi connectivity index (χ3n) is 4.99. The summed E-state index contributed by atoms with van der Waals surface area (Å²) in [5.74, 6) is 0.675. The fraction of sp³-hybridized carbons (Fsp3) is 0.381. The lowest BCUT2D eigenvalue weighted by Crippen LogP contribution is -2.02. The summed E-state index contributed by atoms with van der Waals surface area (Å²) in [5, 5.41) is 4.34. The number of carbonyl (C=O) groups excluding carboxylic acids is 1. The van der Waals surface area contributed by atoms with E-state index in [1.165, 1.54) is 55.0 Å². The highest BCUT2D eigenvalue weighted by atomic mass is 32.2. The number of aromatic nitrogens is 2. The highest BCUT2D eigenvalue weighted by Gasteiger charge is 2.16. The van der Waals surface area contributed by atoms with Crippen molar-refractivity contribution in [1.29, 1.82) is 0 Å². The smallest absolute Gasteiger partial charge is 0.305 e. The molecule has 140 valence electrons. The summed E-state index contributed by atoms with van der Waals surface area (Å²) < 4.78 is 4.71. The Morgan fingerprint density at radius 3 is 2.93 bits per heavy atom.